The molecule has 0 atom stereocenters. The second kappa shape index (κ2) is 4.66. The third kappa shape index (κ3) is 3.30. The number of nitrogens with one attached hydrogen (secondary N) is 2. The lowest BCUT2D eigenvalue weighted by Crippen LogP contribution is -2.23. The molecule has 1 aromatic rings. The minimum atomic E-state index is 0.162. The van der Waals surface area contributed by atoms with Gasteiger partial charge in [0.2, 0.25) is 0 Å². The molecule has 1 rings (SSSR count). The average molecular weight is 167 g/mol. The molecule has 0 aromatic carbocycles. The standard InChI is InChI=1S/C8H13N3O/c1-7(12)6-9-3-2-8-10-4-5-11-8/h4-5,9H,2-3,6H2,1H3,(H,10,11). The predicted octanol–water partition coefficient (Wildman–Crippen LogP) is 0.131. The van der Waals surface area contributed by atoms with Crippen LogP contribution >= 0.6 is 0 Å². The molecule has 0 aliphatic carbocycles. The first-order valence-electron chi connectivity index (χ1n) is 3.97. The number of carbonyl (C=O) groups excluding carboxylic acids is 1. The van der Waals surface area contributed by atoms with Crippen molar-refractivity contribution < 1.29 is 4.79 Å². The summed E-state index contributed by atoms with van der Waals surface area (Å²) in [4.78, 5) is 17.6. The second-order valence-electron chi connectivity index (χ2n) is 2.66. The predicted molar refractivity (Wildman–Crippen MR) is 45.8 cm³/mol. The Hall–Kier alpha value is -1.16. The van der Waals surface area contributed by atoms with Crippen LogP contribution in [0.4, 0.5) is 0 Å². The van der Waals surface area contributed by atoms with E-state index >= 15 is 0 Å². The Morgan fingerprint density at radius 1 is 1.75 bits per heavy atom. The first-order chi connectivity index (χ1) is 5.79. The summed E-state index contributed by atoms with van der Waals surface area (Å²) in [5.41, 5.74) is 0. The summed E-state index contributed by atoms with van der Waals surface area (Å²) in [7, 11) is 0. The third-order valence-corrected chi connectivity index (χ3v) is 1.47. The Labute approximate surface area is 71.4 Å². The lowest BCUT2D eigenvalue weighted by molar-refractivity contribution is -0.116. The highest BCUT2D eigenvalue weighted by Gasteiger charge is 1.94. The Bertz CT molecular complexity index is 230. The van der Waals surface area contributed by atoms with E-state index < -0.39 is 0 Å². The molecule has 0 aliphatic heterocycles. The highest BCUT2D eigenvalue weighted by Crippen LogP contribution is 1.87. The van der Waals surface area contributed by atoms with E-state index in [4.69, 9.17) is 0 Å². The molecule has 4 nitrogen and oxygen atoms in total. The van der Waals surface area contributed by atoms with Crippen molar-refractivity contribution in [1.29, 1.82) is 0 Å². The number of ketones is 1. The van der Waals surface area contributed by atoms with Crippen LogP contribution in [0.15, 0.2) is 12.4 Å². The molecule has 1 heterocycles. The van der Waals surface area contributed by atoms with Gasteiger partial charge in [-0.05, 0) is 6.92 Å². The van der Waals surface area contributed by atoms with Crippen molar-refractivity contribution in [3.8, 4) is 0 Å². The van der Waals surface area contributed by atoms with Gasteiger partial charge in [0.05, 0.1) is 6.54 Å². The lowest BCUT2D eigenvalue weighted by atomic mass is 10.4. The van der Waals surface area contributed by atoms with Crippen LogP contribution in [0.5, 0.6) is 0 Å². The summed E-state index contributed by atoms with van der Waals surface area (Å²) in [5, 5.41) is 3.01. The zero-order chi connectivity index (χ0) is 8.81. The summed E-state index contributed by atoms with van der Waals surface area (Å²) in [5.74, 6) is 1.11. The van der Waals surface area contributed by atoms with E-state index in [0.29, 0.717) is 6.54 Å². The average Bonchev–Trinajstić information content (AvgIpc) is 2.49. The Morgan fingerprint density at radius 3 is 3.17 bits per heavy atom. The minimum Gasteiger partial charge on any atom is -0.349 e. The van der Waals surface area contributed by atoms with E-state index in [1.165, 1.54) is 0 Å². The molecule has 0 fully saturated rings. The summed E-state index contributed by atoms with van der Waals surface area (Å²) in [6, 6.07) is 0. The number of hydrogen-bond acceptors (Lipinski definition) is 3. The van der Waals surface area contributed by atoms with Crippen molar-refractivity contribution in [2.24, 2.45) is 0 Å². The fraction of sp³-hybridized carbons (Fsp3) is 0.500. The molecule has 0 radical (unpaired) electrons. The van der Waals surface area contributed by atoms with Gasteiger partial charge in [0.25, 0.3) is 0 Å². The SMILES string of the molecule is CC(=O)CNCCc1ncc[nH]1. The van der Waals surface area contributed by atoms with Crippen molar-refractivity contribution in [3.63, 3.8) is 0 Å². The summed E-state index contributed by atoms with van der Waals surface area (Å²) in [6.45, 7) is 2.80. The van der Waals surface area contributed by atoms with E-state index in [-0.39, 0.29) is 5.78 Å². The van der Waals surface area contributed by atoms with Crippen LogP contribution in [0.3, 0.4) is 0 Å². The van der Waals surface area contributed by atoms with Crippen molar-refractivity contribution in [1.82, 2.24) is 15.3 Å². The Morgan fingerprint density at radius 2 is 2.58 bits per heavy atom. The fourth-order valence-electron chi connectivity index (χ4n) is 0.906. The first kappa shape index (κ1) is 8.93. The largest absolute Gasteiger partial charge is 0.349 e. The van der Waals surface area contributed by atoms with Crippen LogP contribution in [0.1, 0.15) is 12.7 Å². The fourth-order valence-corrected chi connectivity index (χ4v) is 0.906. The number of hydrogen-bond donors (Lipinski definition) is 2. The summed E-state index contributed by atoms with van der Waals surface area (Å²) in [6.07, 6.45) is 4.35. The molecule has 66 valence electrons. The normalized spacial score (nSPS) is 10.1. The maximum Gasteiger partial charge on any atom is 0.143 e. The highest BCUT2D eigenvalue weighted by atomic mass is 16.1. The third-order valence-electron chi connectivity index (χ3n) is 1.47. The van der Waals surface area contributed by atoms with E-state index in [9.17, 15) is 4.79 Å². The number of nitrogens with zero attached hydrogens (tertiary/aromatic N) is 1. The monoisotopic (exact) mass is 167 g/mol. The van der Waals surface area contributed by atoms with Crippen molar-refractivity contribution in [2.75, 3.05) is 13.1 Å². The number of aromatic amines is 1. The molecular formula is C8H13N3O. The van der Waals surface area contributed by atoms with Gasteiger partial charge in [0.1, 0.15) is 11.6 Å². The summed E-state index contributed by atoms with van der Waals surface area (Å²) >= 11 is 0. The maximum atomic E-state index is 10.5. The molecule has 0 saturated heterocycles. The summed E-state index contributed by atoms with van der Waals surface area (Å²) < 4.78 is 0. The number of rotatable bonds is 5. The van der Waals surface area contributed by atoms with Crippen LogP contribution in [-0.2, 0) is 11.2 Å². The quantitative estimate of drug-likeness (QED) is 0.613. The van der Waals surface area contributed by atoms with Crippen molar-refractivity contribution >= 4 is 5.78 Å². The lowest BCUT2D eigenvalue weighted by Gasteiger charge is -1.98. The van der Waals surface area contributed by atoms with Gasteiger partial charge < -0.3 is 10.3 Å². The van der Waals surface area contributed by atoms with Gasteiger partial charge in [-0.25, -0.2) is 4.98 Å². The number of imidazole rings is 1. The van der Waals surface area contributed by atoms with Gasteiger partial charge in [-0.3, -0.25) is 4.79 Å². The van der Waals surface area contributed by atoms with E-state index in [1.54, 1.807) is 19.3 Å². The van der Waals surface area contributed by atoms with Crippen LogP contribution in [0.25, 0.3) is 0 Å². The minimum absolute atomic E-state index is 0.162. The Balaban J connectivity index is 2.07. The molecule has 0 amide bonds. The van der Waals surface area contributed by atoms with E-state index in [1.807, 2.05) is 0 Å². The molecule has 0 spiro atoms. The topological polar surface area (TPSA) is 57.8 Å². The van der Waals surface area contributed by atoms with Gasteiger partial charge in [-0.2, -0.15) is 0 Å². The van der Waals surface area contributed by atoms with Gasteiger partial charge in [-0.15, -0.1) is 0 Å². The van der Waals surface area contributed by atoms with Crippen molar-refractivity contribution in [2.45, 2.75) is 13.3 Å². The number of aromatic nitrogens is 2. The second-order valence-corrected chi connectivity index (χ2v) is 2.66. The van der Waals surface area contributed by atoms with Gasteiger partial charge in [-0.1, -0.05) is 0 Å². The Kier molecular flexibility index (Phi) is 3.47. The van der Waals surface area contributed by atoms with Crippen LogP contribution in [0.2, 0.25) is 0 Å². The van der Waals surface area contributed by atoms with Crippen LogP contribution < -0.4 is 5.32 Å². The molecule has 0 saturated carbocycles. The molecule has 1 aromatic heterocycles. The van der Waals surface area contributed by atoms with E-state index in [0.717, 1.165) is 18.8 Å². The molecule has 12 heavy (non-hydrogen) atoms. The van der Waals surface area contributed by atoms with Gasteiger partial charge >= 0.3 is 0 Å². The van der Waals surface area contributed by atoms with E-state index in [2.05, 4.69) is 15.3 Å². The molecular weight excluding hydrogens is 154 g/mol. The first-order valence-corrected chi connectivity index (χ1v) is 3.97. The highest BCUT2D eigenvalue weighted by molar-refractivity contribution is 5.77. The molecule has 0 aliphatic rings. The zero-order valence-corrected chi connectivity index (χ0v) is 7.13. The molecule has 4 heteroatoms. The van der Waals surface area contributed by atoms with Crippen LogP contribution in [0, 0.1) is 0 Å². The molecule has 0 unspecified atom stereocenters. The number of H-pyrrole nitrogens is 1. The maximum absolute atomic E-state index is 10.5. The van der Waals surface area contributed by atoms with Crippen LogP contribution in [-0.4, -0.2) is 28.8 Å². The van der Waals surface area contributed by atoms with Gasteiger partial charge in [0.15, 0.2) is 0 Å². The van der Waals surface area contributed by atoms with Crippen molar-refractivity contribution in [3.05, 3.63) is 18.2 Å². The molecule has 0 bridgehead atoms. The molecule has 2 N–H and O–H groups in total. The number of Topliss-reactive ketones (excluding diaryl/α,β-unsaturated/α-hetero) is 1. The zero-order valence-electron chi connectivity index (χ0n) is 7.13. The number of carbonyl (C=O) groups is 1. The smallest absolute Gasteiger partial charge is 0.143 e. The van der Waals surface area contributed by atoms with Gasteiger partial charge in [0, 0.05) is 25.4 Å².